The van der Waals surface area contributed by atoms with E-state index >= 15 is 0 Å². The normalized spacial score (nSPS) is 15.9. The molecule has 25 heavy (non-hydrogen) atoms. The maximum absolute atomic E-state index is 12.1. The van der Waals surface area contributed by atoms with Crippen molar-refractivity contribution < 1.29 is 27.5 Å². The summed E-state index contributed by atoms with van der Waals surface area (Å²) >= 11 is 0. The number of hydrogen-bond acceptors (Lipinski definition) is 4. The predicted octanol–water partition coefficient (Wildman–Crippen LogP) is 2.30. The standard InChI is InChI=1S/C16H20F3N3O3/c1-10(15(24)20-9-16(17,18)19)21-11-5-6-12(13(8-11)25-2)22-7-3-4-14(22)23/h5-6,8,10,21H,3-4,7,9H2,1-2H3,(H,20,24)/t10-/m0/s1. The second-order valence-electron chi connectivity index (χ2n) is 5.73. The SMILES string of the molecule is COc1cc(N[C@@H](C)C(=O)NCC(F)(F)F)ccc1N1CCCC1=O. The third-order valence-electron chi connectivity index (χ3n) is 3.78. The number of alkyl halides is 3. The van der Waals surface area contributed by atoms with Crippen LogP contribution in [0.25, 0.3) is 0 Å². The number of nitrogens with zero attached hydrogens (tertiary/aromatic N) is 1. The lowest BCUT2D eigenvalue weighted by Crippen LogP contribution is -2.42. The summed E-state index contributed by atoms with van der Waals surface area (Å²) in [6, 6.07) is 4.07. The predicted molar refractivity (Wildman–Crippen MR) is 86.7 cm³/mol. The molecule has 0 bridgehead atoms. The third-order valence-corrected chi connectivity index (χ3v) is 3.78. The Bertz CT molecular complexity index is 649. The zero-order valence-corrected chi connectivity index (χ0v) is 13.9. The fourth-order valence-corrected chi connectivity index (χ4v) is 2.55. The Hall–Kier alpha value is -2.45. The van der Waals surface area contributed by atoms with Gasteiger partial charge in [0.2, 0.25) is 11.8 Å². The van der Waals surface area contributed by atoms with E-state index in [1.165, 1.54) is 14.0 Å². The first-order valence-electron chi connectivity index (χ1n) is 7.80. The summed E-state index contributed by atoms with van der Waals surface area (Å²) in [6.45, 7) is 0.686. The molecular formula is C16H20F3N3O3. The number of methoxy groups -OCH3 is 1. The number of nitrogens with one attached hydrogen (secondary N) is 2. The molecule has 0 aliphatic carbocycles. The monoisotopic (exact) mass is 359 g/mol. The Morgan fingerprint density at radius 3 is 2.68 bits per heavy atom. The average molecular weight is 359 g/mol. The number of halogens is 3. The minimum atomic E-state index is -4.46. The highest BCUT2D eigenvalue weighted by Gasteiger charge is 2.29. The van der Waals surface area contributed by atoms with Gasteiger partial charge in [0.25, 0.3) is 0 Å². The van der Waals surface area contributed by atoms with Crippen molar-refractivity contribution >= 4 is 23.2 Å². The molecule has 1 atom stereocenters. The van der Waals surface area contributed by atoms with E-state index in [1.807, 2.05) is 5.32 Å². The van der Waals surface area contributed by atoms with Crippen LogP contribution in [-0.2, 0) is 9.59 Å². The van der Waals surface area contributed by atoms with Gasteiger partial charge in [-0.15, -0.1) is 0 Å². The van der Waals surface area contributed by atoms with Gasteiger partial charge in [-0.2, -0.15) is 13.2 Å². The Morgan fingerprint density at radius 1 is 1.40 bits per heavy atom. The van der Waals surface area contributed by atoms with E-state index in [1.54, 1.807) is 23.1 Å². The van der Waals surface area contributed by atoms with Gasteiger partial charge in [-0.3, -0.25) is 9.59 Å². The van der Waals surface area contributed by atoms with Crippen molar-refractivity contribution in [3.8, 4) is 5.75 Å². The van der Waals surface area contributed by atoms with Crippen LogP contribution in [0.2, 0.25) is 0 Å². The number of ether oxygens (including phenoxy) is 1. The topological polar surface area (TPSA) is 70.7 Å². The zero-order valence-electron chi connectivity index (χ0n) is 13.9. The van der Waals surface area contributed by atoms with Gasteiger partial charge in [-0.1, -0.05) is 0 Å². The van der Waals surface area contributed by atoms with Gasteiger partial charge in [0.05, 0.1) is 12.8 Å². The summed E-state index contributed by atoms with van der Waals surface area (Å²) in [5, 5.41) is 4.64. The lowest BCUT2D eigenvalue weighted by Gasteiger charge is -2.21. The summed E-state index contributed by atoms with van der Waals surface area (Å²) in [5.41, 5.74) is 1.13. The van der Waals surface area contributed by atoms with Gasteiger partial charge in [0, 0.05) is 24.7 Å². The summed E-state index contributed by atoms with van der Waals surface area (Å²) in [5.74, 6) is -0.308. The molecule has 0 unspecified atom stereocenters. The molecule has 0 saturated carbocycles. The molecule has 1 aromatic carbocycles. The Labute approximate surface area is 143 Å². The maximum Gasteiger partial charge on any atom is 0.405 e. The van der Waals surface area contributed by atoms with E-state index in [0.29, 0.717) is 30.1 Å². The number of hydrogen-bond donors (Lipinski definition) is 2. The molecule has 1 heterocycles. The van der Waals surface area contributed by atoms with Gasteiger partial charge < -0.3 is 20.3 Å². The van der Waals surface area contributed by atoms with Crippen molar-refractivity contribution in [1.29, 1.82) is 0 Å². The number of benzene rings is 1. The highest BCUT2D eigenvalue weighted by Crippen LogP contribution is 2.34. The highest BCUT2D eigenvalue weighted by atomic mass is 19.4. The van der Waals surface area contributed by atoms with Crippen LogP contribution in [0.3, 0.4) is 0 Å². The first-order valence-corrected chi connectivity index (χ1v) is 7.80. The molecule has 1 fully saturated rings. The van der Waals surface area contributed by atoms with Crippen LogP contribution < -0.4 is 20.3 Å². The Kier molecular flexibility index (Phi) is 5.76. The number of amides is 2. The minimum absolute atomic E-state index is 0.0129. The van der Waals surface area contributed by atoms with Crippen LogP contribution in [-0.4, -0.2) is 44.2 Å². The van der Waals surface area contributed by atoms with E-state index in [2.05, 4.69) is 5.32 Å². The average Bonchev–Trinajstić information content (AvgIpc) is 2.97. The van der Waals surface area contributed by atoms with Crippen LogP contribution >= 0.6 is 0 Å². The molecule has 138 valence electrons. The molecule has 0 aromatic heterocycles. The van der Waals surface area contributed by atoms with Crippen molar-refractivity contribution in [3.63, 3.8) is 0 Å². The second kappa shape index (κ2) is 7.62. The van der Waals surface area contributed by atoms with Crippen molar-refractivity contribution in [1.82, 2.24) is 5.32 Å². The quantitative estimate of drug-likeness (QED) is 0.818. The van der Waals surface area contributed by atoms with Crippen molar-refractivity contribution in [2.75, 3.05) is 30.4 Å². The number of rotatable bonds is 6. The lowest BCUT2D eigenvalue weighted by molar-refractivity contribution is -0.138. The van der Waals surface area contributed by atoms with Gasteiger partial charge in [0.15, 0.2) is 0 Å². The summed E-state index contributed by atoms with van der Waals surface area (Å²) in [4.78, 5) is 25.2. The first kappa shape index (κ1) is 18.9. The number of carbonyl (C=O) groups is 2. The van der Waals surface area contributed by atoms with Crippen LogP contribution in [0, 0.1) is 0 Å². The number of carbonyl (C=O) groups excluding carboxylic acids is 2. The smallest absolute Gasteiger partial charge is 0.405 e. The molecule has 2 amide bonds. The minimum Gasteiger partial charge on any atom is -0.494 e. The van der Waals surface area contributed by atoms with Crippen LogP contribution in [0.15, 0.2) is 18.2 Å². The van der Waals surface area contributed by atoms with Gasteiger partial charge in [0.1, 0.15) is 18.3 Å². The van der Waals surface area contributed by atoms with Crippen molar-refractivity contribution in [3.05, 3.63) is 18.2 Å². The van der Waals surface area contributed by atoms with E-state index in [9.17, 15) is 22.8 Å². The Balaban J connectivity index is 2.05. The zero-order chi connectivity index (χ0) is 18.6. The maximum atomic E-state index is 12.1. The van der Waals surface area contributed by atoms with Gasteiger partial charge in [-0.05, 0) is 25.5 Å². The molecule has 1 saturated heterocycles. The fraction of sp³-hybridized carbons (Fsp3) is 0.500. The van der Waals surface area contributed by atoms with Crippen LogP contribution in [0.4, 0.5) is 24.5 Å². The summed E-state index contributed by atoms with van der Waals surface area (Å²) in [7, 11) is 1.46. The van der Waals surface area contributed by atoms with E-state index in [-0.39, 0.29) is 5.91 Å². The van der Waals surface area contributed by atoms with Gasteiger partial charge in [-0.25, -0.2) is 0 Å². The fourth-order valence-electron chi connectivity index (χ4n) is 2.55. The molecule has 1 aromatic rings. The lowest BCUT2D eigenvalue weighted by atomic mass is 10.2. The third kappa shape index (κ3) is 5.01. The molecule has 2 rings (SSSR count). The molecule has 1 aliphatic heterocycles. The van der Waals surface area contributed by atoms with Crippen LogP contribution in [0.5, 0.6) is 5.75 Å². The highest BCUT2D eigenvalue weighted by molar-refractivity contribution is 5.97. The molecule has 6 nitrogen and oxygen atoms in total. The summed E-state index contributed by atoms with van der Waals surface area (Å²) < 4.78 is 41.7. The first-order chi connectivity index (χ1) is 11.7. The van der Waals surface area contributed by atoms with E-state index < -0.39 is 24.7 Å². The molecule has 1 aliphatic rings. The van der Waals surface area contributed by atoms with E-state index in [0.717, 1.165) is 6.42 Å². The number of anilines is 2. The van der Waals surface area contributed by atoms with Crippen molar-refractivity contribution in [2.45, 2.75) is 32.0 Å². The molecule has 0 radical (unpaired) electrons. The van der Waals surface area contributed by atoms with Gasteiger partial charge >= 0.3 is 6.18 Å². The van der Waals surface area contributed by atoms with E-state index in [4.69, 9.17) is 4.74 Å². The molecule has 0 spiro atoms. The molecular weight excluding hydrogens is 339 g/mol. The summed E-state index contributed by atoms with van der Waals surface area (Å²) in [6.07, 6.45) is -3.19. The molecule has 9 heteroatoms. The molecule has 2 N–H and O–H groups in total. The second-order valence-corrected chi connectivity index (χ2v) is 5.73. The van der Waals surface area contributed by atoms with Crippen LogP contribution in [0.1, 0.15) is 19.8 Å². The van der Waals surface area contributed by atoms with Crippen molar-refractivity contribution in [2.24, 2.45) is 0 Å². The Morgan fingerprint density at radius 2 is 2.12 bits per heavy atom. The largest absolute Gasteiger partial charge is 0.494 e.